The molecular formula is C32H33ClFN7O2. The molecule has 3 heterocycles. The van der Waals surface area contributed by atoms with Gasteiger partial charge in [-0.2, -0.15) is 5.10 Å². The van der Waals surface area contributed by atoms with Crippen LogP contribution in [-0.2, 0) is 35.5 Å². The van der Waals surface area contributed by atoms with Crippen molar-refractivity contribution in [3.63, 3.8) is 0 Å². The topological polar surface area (TPSA) is 95.4 Å². The van der Waals surface area contributed by atoms with Gasteiger partial charge in [-0.05, 0) is 59.0 Å². The highest BCUT2D eigenvalue weighted by molar-refractivity contribution is 6.30. The van der Waals surface area contributed by atoms with Crippen molar-refractivity contribution in [2.75, 3.05) is 31.1 Å². The quantitative estimate of drug-likeness (QED) is 0.322. The van der Waals surface area contributed by atoms with Crippen molar-refractivity contribution in [1.29, 1.82) is 0 Å². The van der Waals surface area contributed by atoms with Crippen LogP contribution >= 0.6 is 11.6 Å². The van der Waals surface area contributed by atoms with E-state index in [4.69, 9.17) is 11.6 Å². The van der Waals surface area contributed by atoms with E-state index >= 15 is 0 Å². The molecule has 9 nitrogen and oxygen atoms in total. The Morgan fingerprint density at radius 2 is 1.81 bits per heavy atom. The molecule has 2 aliphatic heterocycles. The highest BCUT2D eigenvalue weighted by Gasteiger charge is 2.32. The zero-order valence-electron chi connectivity index (χ0n) is 23.6. The SMILES string of the molecule is O=C(NC(Cc1ccc(Cl)cc1)C(=O)N1CCN(c2ccccc2Cn2cncn2)CC1)C1Cc2ccc(F)cc2CN1. The molecule has 2 N–H and O–H groups in total. The number of rotatable bonds is 8. The molecule has 0 saturated carbocycles. The summed E-state index contributed by atoms with van der Waals surface area (Å²) >= 11 is 6.09. The lowest BCUT2D eigenvalue weighted by atomic mass is 9.95. The van der Waals surface area contributed by atoms with E-state index in [-0.39, 0.29) is 17.6 Å². The van der Waals surface area contributed by atoms with Gasteiger partial charge in [-0.1, -0.05) is 48.0 Å². The summed E-state index contributed by atoms with van der Waals surface area (Å²) in [4.78, 5) is 35.6. The molecule has 2 unspecified atom stereocenters. The number of aromatic nitrogens is 3. The Bertz CT molecular complexity index is 1570. The number of piperazine rings is 1. The number of halogens is 2. The molecule has 43 heavy (non-hydrogen) atoms. The molecule has 1 fully saturated rings. The molecule has 3 aromatic carbocycles. The number of carbonyl (C=O) groups is 2. The van der Waals surface area contributed by atoms with Gasteiger partial charge < -0.3 is 20.4 Å². The van der Waals surface area contributed by atoms with Gasteiger partial charge in [0.1, 0.15) is 24.5 Å². The number of nitrogens with zero attached hydrogens (tertiary/aromatic N) is 5. The van der Waals surface area contributed by atoms with Crippen LogP contribution in [0.4, 0.5) is 10.1 Å². The smallest absolute Gasteiger partial charge is 0.245 e. The van der Waals surface area contributed by atoms with E-state index in [1.165, 1.54) is 18.5 Å². The van der Waals surface area contributed by atoms with Crippen LogP contribution in [0.15, 0.2) is 79.4 Å². The lowest BCUT2D eigenvalue weighted by molar-refractivity contribution is -0.137. The zero-order valence-corrected chi connectivity index (χ0v) is 24.4. The zero-order chi connectivity index (χ0) is 29.8. The van der Waals surface area contributed by atoms with E-state index in [0.717, 1.165) is 27.9 Å². The summed E-state index contributed by atoms with van der Waals surface area (Å²) in [5.41, 5.74) is 4.92. The van der Waals surface area contributed by atoms with Gasteiger partial charge in [0, 0.05) is 49.9 Å². The normalized spacial score (nSPS) is 17.3. The molecule has 4 aromatic rings. The monoisotopic (exact) mass is 601 g/mol. The number of benzene rings is 3. The molecular weight excluding hydrogens is 569 g/mol. The largest absolute Gasteiger partial charge is 0.368 e. The van der Waals surface area contributed by atoms with Crippen LogP contribution < -0.4 is 15.5 Å². The van der Waals surface area contributed by atoms with Gasteiger partial charge in [0.05, 0.1) is 12.6 Å². The molecule has 6 rings (SSSR count). The average Bonchev–Trinajstić information content (AvgIpc) is 3.54. The first kappa shape index (κ1) is 28.8. The summed E-state index contributed by atoms with van der Waals surface area (Å²) in [6, 6.07) is 18.9. The molecule has 1 aromatic heterocycles. The predicted octanol–water partition coefficient (Wildman–Crippen LogP) is 3.21. The number of anilines is 1. The van der Waals surface area contributed by atoms with E-state index in [9.17, 15) is 14.0 Å². The second kappa shape index (κ2) is 12.9. The van der Waals surface area contributed by atoms with Crippen LogP contribution in [0.5, 0.6) is 0 Å². The maximum Gasteiger partial charge on any atom is 0.245 e. The Morgan fingerprint density at radius 3 is 2.58 bits per heavy atom. The number of fused-ring (bicyclic) bond motifs is 1. The average molecular weight is 602 g/mol. The summed E-state index contributed by atoms with van der Waals surface area (Å²) < 4.78 is 15.5. The molecule has 0 aliphatic carbocycles. The van der Waals surface area contributed by atoms with Gasteiger partial charge in [0.2, 0.25) is 11.8 Å². The number of hydrogen-bond acceptors (Lipinski definition) is 6. The van der Waals surface area contributed by atoms with Crippen molar-refractivity contribution in [3.8, 4) is 0 Å². The van der Waals surface area contributed by atoms with Crippen molar-refractivity contribution in [3.05, 3.63) is 112 Å². The van der Waals surface area contributed by atoms with E-state index in [1.54, 1.807) is 29.2 Å². The summed E-state index contributed by atoms with van der Waals surface area (Å²) in [5, 5.41) is 11.1. The third-order valence-electron chi connectivity index (χ3n) is 8.14. The Kier molecular flexibility index (Phi) is 8.67. The highest BCUT2D eigenvalue weighted by Crippen LogP contribution is 2.24. The third-order valence-corrected chi connectivity index (χ3v) is 8.39. The van der Waals surface area contributed by atoms with Crippen molar-refractivity contribution < 1.29 is 14.0 Å². The van der Waals surface area contributed by atoms with E-state index < -0.39 is 12.1 Å². The summed E-state index contributed by atoms with van der Waals surface area (Å²) in [6.45, 7) is 3.40. The minimum atomic E-state index is -0.740. The molecule has 2 amide bonds. The fourth-order valence-electron chi connectivity index (χ4n) is 5.83. The van der Waals surface area contributed by atoms with Crippen molar-refractivity contribution in [2.45, 2.75) is 38.0 Å². The van der Waals surface area contributed by atoms with Crippen LogP contribution in [-0.4, -0.2) is 69.7 Å². The van der Waals surface area contributed by atoms with Crippen molar-refractivity contribution in [2.24, 2.45) is 0 Å². The first-order valence-corrected chi connectivity index (χ1v) is 14.8. The Hall–Kier alpha value is -4.28. The number of nitrogens with one attached hydrogen (secondary N) is 2. The first-order chi connectivity index (χ1) is 20.9. The predicted molar refractivity (Wildman–Crippen MR) is 162 cm³/mol. The van der Waals surface area contributed by atoms with E-state index in [0.29, 0.717) is 57.1 Å². The number of amides is 2. The highest BCUT2D eigenvalue weighted by atomic mass is 35.5. The second-order valence-electron chi connectivity index (χ2n) is 11.0. The maximum atomic E-state index is 13.9. The lowest BCUT2D eigenvalue weighted by Crippen LogP contribution is -2.58. The first-order valence-electron chi connectivity index (χ1n) is 14.4. The minimum Gasteiger partial charge on any atom is -0.368 e. The Labute approximate surface area is 254 Å². The molecule has 2 atom stereocenters. The molecule has 0 bridgehead atoms. The number of para-hydroxylation sites is 1. The van der Waals surface area contributed by atoms with Crippen LogP contribution in [0.25, 0.3) is 0 Å². The molecule has 2 aliphatic rings. The molecule has 1 saturated heterocycles. The van der Waals surface area contributed by atoms with Crippen molar-refractivity contribution >= 4 is 29.1 Å². The van der Waals surface area contributed by atoms with Crippen molar-refractivity contribution in [1.82, 2.24) is 30.3 Å². The van der Waals surface area contributed by atoms with Gasteiger partial charge in [0.15, 0.2) is 0 Å². The summed E-state index contributed by atoms with van der Waals surface area (Å²) in [5.74, 6) is -0.657. The maximum absolute atomic E-state index is 13.9. The fourth-order valence-corrected chi connectivity index (χ4v) is 5.95. The van der Waals surface area contributed by atoms with Gasteiger partial charge in [-0.3, -0.25) is 9.59 Å². The van der Waals surface area contributed by atoms with Gasteiger partial charge in [0.25, 0.3) is 0 Å². The van der Waals surface area contributed by atoms with Gasteiger partial charge in [-0.25, -0.2) is 14.1 Å². The lowest BCUT2D eigenvalue weighted by Gasteiger charge is -2.38. The van der Waals surface area contributed by atoms with Crippen LogP contribution in [0.2, 0.25) is 5.02 Å². The number of hydrogen-bond donors (Lipinski definition) is 2. The van der Waals surface area contributed by atoms with Crippen LogP contribution in [0, 0.1) is 5.82 Å². The van der Waals surface area contributed by atoms with Crippen LogP contribution in [0.1, 0.15) is 22.3 Å². The minimum absolute atomic E-state index is 0.114. The molecule has 0 spiro atoms. The summed E-state index contributed by atoms with van der Waals surface area (Å²) in [6.07, 6.45) is 3.99. The van der Waals surface area contributed by atoms with E-state index in [1.807, 2.05) is 29.2 Å². The molecule has 222 valence electrons. The second-order valence-corrected chi connectivity index (χ2v) is 11.4. The standard InChI is InChI=1S/C32H33ClFN7O2/c33-26-8-5-22(6-9-26)15-29(38-31(42)28-17-23-7-10-27(34)16-25(23)18-36-28)32(43)40-13-11-39(12-14-40)30-4-2-1-3-24(30)19-41-21-35-20-37-41/h1-10,16,20-21,28-29,36H,11-15,17-19H2,(H,38,42). The Morgan fingerprint density at radius 1 is 1.02 bits per heavy atom. The van der Waals surface area contributed by atoms with Gasteiger partial charge in [-0.15, -0.1) is 0 Å². The molecule has 11 heteroatoms. The fraction of sp³-hybridized carbons (Fsp3) is 0.312. The third kappa shape index (κ3) is 6.87. The molecule has 0 radical (unpaired) electrons. The van der Waals surface area contributed by atoms with Crippen LogP contribution in [0.3, 0.4) is 0 Å². The number of carbonyl (C=O) groups excluding carboxylic acids is 2. The summed E-state index contributed by atoms with van der Waals surface area (Å²) in [7, 11) is 0. The van der Waals surface area contributed by atoms with Gasteiger partial charge >= 0.3 is 0 Å². The Balaban J connectivity index is 1.14. The van der Waals surface area contributed by atoms with E-state index in [2.05, 4.69) is 37.7 Å².